The van der Waals surface area contributed by atoms with Gasteiger partial charge >= 0.3 is 0 Å². The summed E-state index contributed by atoms with van der Waals surface area (Å²) in [6.45, 7) is 3.57. The highest BCUT2D eigenvalue weighted by Crippen LogP contribution is 2.30. The first-order valence-corrected chi connectivity index (χ1v) is 10.2. The summed E-state index contributed by atoms with van der Waals surface area (Å²) in [7, 11) is 1.64. The molecule has 2 aliphatic rings. The number of carbonyl (C=O) groups excluding carboxylic acids is 1. The van der Waals surface area contributed by atoms with Crippen LogP contribution < -0.4 is 19.5 Å². The number of amides is 1. The molecular weight excluding hydrogens is 368 g/mol. The van der Waals surface area contributed by atoms with Crippen molar-refractivity contribution in [3.63, 3.8) is 0 Å². The van der Waals surface area contributed by atoms with Crippen LogP contribution in [0.3, 0.4) is 0 Å². The van der Waals surface area contributed by atoms with E-state index in [1.807, 2.05) is 41.3 Å². The largest absolute Gasteiger partial charge is 0.496 e. The van der Waals surface area contributed by atoms with Crippen molar-refractivity contribution in [1.29, 1.82) is 0 Å². The molecule has 1 fully saturated rings. The minimum Gasteiger partial charge on any atom is -0.496 e. The summed E-state index contributed by atoms with van der Waals surface area (Å²) < 4.78 is 16.6. The van der Waals surface area contributed by atoms with Gasteiger partial charge in [-0.2, -0.15) is 0 Å². The summed E-state index contributed by atoms with van der Waals surface area (Å²) in [5, 5.41) is 3.62. The van der Waals surface area contributed by atoms with Crippen LogP contribution in [0.25, 0.3) is 0 Å². The lowest BCUT2D eigenvalue weighted by atomic mass is 10.0. The van der Waals surface area contributed by atoms with Crippen LogP contribution in [0.4, 0.5) is 0 Å². The molecule has 0 aromatic heterocycles. The van der Waals surface area contributed by atoms with Crippen LogP contribution in [0.2, 0.25) is 0 Å². The maximum absolute atomic E-state index is 12.7. The summed E-state index contributed by atoms with van der Waals surface area (Å²) in [5.74, 6) is 2.59. The van der Waals surface area contributed by atoms with Gasteiger partial charge in [0.05, 0.1) is 13.5 Å². The molecule has 2 heterocycles. The first kappa shape index (κ1) is 19.6. The van der Waals surface area contributed by atoms with Gasteiger partial charge in [-0.15, -0.1) is 0 Å². The summed E-state index contributed by atoms with van der Waals surface area (Å²) in [6.07, 6.45) is 2.31. The van der Waals surface area contributed by atoms with Gasteiger partial charge in [0.2, 0.25) is 5.91 Å². The number of nitrogens with one attached hydrogen (secondary N) is 1. The number of rotatable bonds is 6. The number of para-hydroxylation sites is 1. The van der Waals surface area contributed by atoms with Crippen molar-refractivity contribution in [1.82, 2.24) is 10.2 Å². The molecular formula is C23H28N2O4. The van der Waals surface area contributed by atoms with Gasteiger partial charge < -0.3 is 24.4 Å². The standard InChI is InChI=1S/C23H28N2O4/c1-27-20-5-3-2-4-18(20)15-23(26)25-10-8-19(9-11-25)24-16-17-6-7-21-22(14-17)29-13-12-28-21/h2-7,14,19,24H,8-13,15-16H2,1H3. The van der Waals surface area contributed by atoms with Crippen molar-refractivity contribution in [2.75, 3.05) is 33.4 Å². The van der Waals surface area contributed by atoms with Crippen molar-refractivity contribution in [3.8, 4) is 17.2 Å². The summed E-state index contributed by atoms with van der Waals surface area (Å²) >= 11 is 0. The molecule has 1 N–H and O–H groups in total. The fourth-order valence-electron chi connectivity index (χ4n) is 3.92. The van der Waals surface area contributed by atoms with E-state index in [-0.39, 0.29) is 5.91 Å². The predicted octanol–water partition coefficient (Wildman–Crippen LogP) is 2.79. The van der Waals surface area contributed by atoms with Gasteiger partial charge in [0.25, 0.3) is 0 Å². The molecule has 0 radical (unpaired) electrons. The number of ether oxygens (including phenoxy) is 3. The van der Waals surface area contributed by atoms with Gasteiger partial charge in [0, 0.05) is 31.2 Å². The minimum absolute atomic E-state index is 0.166. The molecule has 1 saturated heterocycles. The molecule has 0 atom stereocenters. The molecule has 0 spiro atoms. The van der Waals surface area contributed by atoms with Crippen molar-refractivity contribution >= 4 is 5.91 Å². The van der Waals surface area contributed by atoms with Crippen LogP contribution >= 0.6 is 0 Å². The molecule has 2 aliphatic heterocycles. The Kier molecular flexibility index (Phi) is 6.20. The number of carbonyl (C=O) groups is 1. The van der Waals surface area contributed by atoms with E-state index in [0.717, 1.165) is 55.3 Å². The molecule has 0 bridgehead atoms. The molecule has 154 valence electrons. The molecule has 0 unspecified atom stereocenters. The van der Waals surface area contributed by atoms with Crippen molar-refractivity contribution in [2.24, 2.45) is 0 Å². The van der Waals surface area contributed by atoms with Gasteiger partial charge in [0.15, 0.2) is 11.5 Å². The summed E-state index contributed by atoms with van der Waals surface area (Å²) in [6, 6.07) is 14.2. The number of likely N-dealkylation sites (tertiary alicyclic amines) is 1. The smallest absolute Gasteiger partial charge is 0.227 e. The van der Waals surface area contributed by atoms with E-state index in [2.05, 4.69) is 11.4 Å². The first-order chi connectivity index (χ1) is 14.2. The molecule has 2 aromatic carbocycles. The third-order valence-corrected chi connectivity index (χ3v) is 5.58. The van der Waals surface area contributed by atoms with Gasteiger partial charge in [-0.05, 0) is 36.6 Å². The molecule has 2 aromatic rings. The number of methoxy groups -OCH3 is 1. The van der Waals surface area contributed by atoms with Crippen LogP contribution in [0.15, 0.2) is 42.5 Å². The van der Waals surface area contributed by atoms with E-state index < -0.39 is 0 Å². The highest BCUT2D eigenvalue weighted by Gasteiger charge is 2.23. The number of fused-ring (bicyclic) bond motifs is 1. The SMILES string of the molecule is COc1ccccc1CC(=O)N1CCC(NCc2ccc3c(c2)OCCO3)CC1. The third-order valence-electron chi connectivity index (χ3n) is 5.58. The topological polar surface area (TPSA) is 60.0 Å². The number of piperidine rings is 1. The second kappa shape index (κ2) is 9.18. The predicted molar refractivity (Wildman–Crippen MR) is 111 cm³/mol. The van der Waals surface area contributed by atoms with Crippen LogP contribution in [-0.4, -0.2) is 50.3 Å². The fraction of sp³-hybridized carbons (Fsp3) is 0.435. The average molecular weight is 396 g/mol. The lowest BCUT2D eigenvalue weighted by molar-refractivity contribution is -0.131. The van der Waals surface area contributed by atoms with Crippen LogP contribution in [0.1, 0.15) is 24.0 Å². The van der Waals surface area contributed by atoms with E-state index in [9.17, 15) is 4.79 Å². The molecule has 29 heavy (non-hydrogen) atoms. The zero-order valence-electron chi connectivity index (χ0n) is 16.9. The van der Waals surface area contributed by atoms with E-state index >= 15 is 0 Å². The first-order valence-electron chi connectivity index (χ1n) is 10.2. The zero-order chi connectivity index (χ0) is 20.1. The maximum atomic E-state index is 12.7. The fourth-order valence-corrected chi connectivity index (χ4v) is 3.92. The van der Waals surface area contributed by atoms with E-state index in [1.54, 1.807) is 7.11 Å². The normalized spacial score (nSPS) is 16.5. The third kappa shape index (κ3) is 4.82. The highest BCUT2D eigenvalue weighted by atomic mass is 16.6. The summed E-state index contributed by atoms with van der Waals surface area (Å²) in [4.78, 5) is 14.6. The Labute approximate surface area is 171 Å². The molecule has 6 heteroatoms. The number of benzene rings is 2. The van der Waals surface area contributed by atoms with Gasteiger partial charge in [-0.3, -0.25) is 4.79 Å². The Balaban J connectivity index is 1.24. The molecule has 0 aliphatic carbocycles. The van der Waals surface area contributed by atoms with Crippen molar-refractivity contribution < 1.29 is 19.0 Å². The van der Waals surface area contributed by atoms with E-state index in [1.165, 1.54) is 5.56 Å². The lowest BCUT2D eigenvalue weighted by Crippen LogP contribution is -2.45. The molecule has 0 saturated carbocycles. The van der Waals surface area contributed by atoms with Crippen LogP contribution in [0.5, 0.6) is 17.2 Å². The second-order valence-electron chi connectivity index (χ2n) is 7.50. The number of hydrogen-bond acceptors (Lipinski definition) is 5. The average Bonchev–Trinajstić information content (AvgIpc) is 2.78. The quantitative estimate of drug-likeness (QED) is 0.814. The summed E-state index contributed by atoms with van der Waals surface area (Å²) in [5.41, 5.74) is 2.13. The van der Waals surface area contributed by atoms with Crippen molar-refractivity contribution in [2.45, 2.75) is 31.8 Å². The van der Waals surface area contributed by atoms with Gasteiger partial charge in [0.1, 0.15) is 19.0 Å². The molecule has 4 rings (SSSR count). The number of hydrogen-bond donors (Lipinski definition) is 1. The maximum Gasteiger partial charge on any atom is 0.227 e. The van der Waals surface area contributed by atoms with E-state index in [0.29, 0.717) is 25.7 Å². The highest BCUT2D eigenvalue weighted by molar-refractivity contribution is 5.79. The van der Waals surface area contributed by atoms with Crippen LogP contribution in [-0.2, 0) is 17.8 Å². The van der Waals surface area contributed by atoms with Crippen LogP contribution in [0, 0.1) is 0 Å². The van der Waals surface area contributed by atoms with Gasteiger partial charge in [-0.25, -0.2) is 0 Å². The Bertz CT molecular complexity index is 847. The molecule has 6 nitrogen and oxygen atoms in total. The van der Waals surface area contributed by atoms with Gasteiger partial charge in [-0.1, -0.05) is 24.3 Å². The number of nitrogens with zero attached hydrogens (tertiary/aromatic N) is 1. The molecule has 1 amide bonds. The second-order valence-corrected chi connectivity index (χ2v) is 7.50. The Morgan fingerprint density at radius 2 is 1.86 bits per heavy atom. The Morgan fingerprint density at radius 3 is 2.66 bits per heavy atom. The Morgan fingerprint density at radius 1 is 1.10 bits per heavy atom. The minimum atomic E-state index is 0.166. The van der Waals surface area contributed by atoms with E-state index in [4.69, 9.17) is 14.2 Å². The monoisotopic (exact) mass is 396 g/mol. The zero-order valence-corrected chi connectivity index (χ0v) is 16.9. The van der Waals surface area contributed by atoms with Crippen molar-refractivity contribution in [3.05, 3.63) is 53.6 Å². The lowest BCUT2D eigenvalue weighted by Gasteiger charge is -2.33. The Hall–Kier alpha value is -2.73.